The van der Waals surface area contributed by atoms with Crippen LogP contribution in [0.25, 0.3) is 0 Å². The zero-order valence-electron chi connectivity index (χ0n) is 48.0. The topological polar surface area (TPSA) is 134 Å². The molecule has 0 aromatic carbocycles. The van der Waals surface area contributed by atoms with E-state index in [1.54, 1.807) is 0 Å². The number of hydrogen-bond donors (Lipinski definition) is 2. The average molecular weight is 1070 g/mol. The molecular weight excluding hydrogens is 954 g/mol. The summed E-state index contributed by atoms with van der Waals surface area (Å²) in [5, 5.41) is 0. The van der Waals surface area contributed by atoms with Gasteiger partial charge in [0.1, 0.15) is 6.61 Å². The minimum Gasteiger partial charge on any atom is -0.462 e. The Kier molecular flexibility index (Phi) is 57.2. The highest BCUT2D eigenvalue weighted by Crippen LogP contribution is 2.43. The van der Waals surface area contributed by atoms with Crippen LogP contribution in [0.2, 0.25) is 0 Å². The molecule has 0 amide bonds. The van der Waals surface area contributed by atoms with E-state index in [2.05, 4.69) is 123 Å². The van der Waals surface area contributed by atoms with Crippen LogP contribution in [0.3, 0.4) is 0 Å². The number of rotatable bonds is 56. The van der Waals surface area contributed by atoms with Crippen molar-refractivity contribution in [2.45, 2.75) is 264 Å². The Bertz CT molecular complexity index is 1590. The fourth-order valence-corrected chi connectivity index (χ4v) is 9.01. The van der Waals surface area contributed by atoms with Crippen molar-refractivity contribution < 1.29 is 37.6 Å². The number of ether oxygens (including phenoxy) is 2. The van der Waals surface area contributed by atoms with Crippen LogP contribution in [0, 0.1) is 0 Å². The van der Waals surface area contributed by atoms with E-state index in [4.69, 9.17) is 24.3 Å². The summed E-state index contributed by atoms with van der Waals surface area (Å²) in [7, 11) is -4.40. The van der Waals surface area contributed by atoms with E-state index < -0.39 is 26.5 Å². The standard InChI is InChI=1S/C65H112NO8P/c1-3-5-7-9-11-13-15-17-19-21-23-25-26-27-28-29-30-31-32-33-34-35-36-38-40-42-44-46-48-50-52-54-56-58-65(68)74-63(62-73-75(69,70)72-60-59-66)61-71-64(67)57-55-53-51-49-47-45-43-41-39-37-24-22-20-18-16-14-12-10-8-6-4-2/h5-8,11-14,17-20,23-25,27-28,37,63H,3-4,9-10,15-16,21-22,26,29-36,38-62,66H2,1-2H3,(H,69,70)/b7-5-,8-6-,13-11-,14-12-,19-17-,20-18-,25-23-,28-27-,37-24-. The van der Waals surface area contributed by atoms with Gasteiger partial charge in [-0.2, -0.15) is 0 Å². The molecule has 0 saturated carbocycles. The Morgan fingerprint density at radius 2 is 0.693 bits per heavy atom. The van der Waals surface area contributed by atoms with Gasteiger partial charge in [-0.25, -0.2) is 4.57 Å². The van der Waals surface area contributed by atoms with Crippen LogP contribution in [-0.4, -0.2) is 49.3 Å². The van der Waals surface area contributed by atoms with Gasteiger partial charge < -0.3 is 20.1 Å². The van der Waals surface area contributed by atoms with Crippen molar-refractivity contribution in [3.05, 3.63) is 109 Å². The third-order valence-corrected chi connectivity index (χ3v) is 13.6. The van der Waals surface area contributed by atoms with E-state index in [1.165, 1.54) is 116 Å². The predicted molar refractivity (Wildman–Crippen MR) is 321 cm³/mol. The van der Waals surface area contributed by atoms with Gasteiger partial charge in [-0.3, -0.25) is 18.6 Å². The smallest absolute Gasteiger partial charge is 0.462 e. The number of allylic oxidation sites excluding steroid dienone is 18. The molecule has 0 aliphatic rings. The van der Waals surface area contributed by atoms with Crippen molar-refractivity contribution in [3.8, 4) is 0 Å². The average Bonchev–Trinajstić information content (AvgIpc) is 3.40. The van der Waals surface area contributed by atoms with Crippen molar-refractivity contribution in [1.29, 1.82) is 0 Å². The highest BCUT2D eigenvalue weighted by Gasteiger charge is 2.26. The van der Waals surface area contributed by atoms with E-state index >= 15 is 0 Å². The molecule has 9 nitrogen and oxygen atoms in total. The van der Waals surface area contributed by atoms with Gasteiger partial charge in [0.05, 0.1) is 13.2 Å². The molecule has 10 heteroatoms. The first kappa shape index (κ1) is 71.7. The minimum absolute atomic E-state index is 0.0484. The normalized spacial score (nSPS) is 13.8. The van der Waals surface area contributed by atoms with Crippen LogP contribution >= 0.6 is 7.82 Å². The van der Waals surface area contributed by atoms with Crippen molar-refractivity contribution in [2.24, 2.45) is 5.73 Å². The summed E-state index contributed by atoms with van der Waals surface area (Å²) in [6, 6.07) is 0. The van der Waals surface area contributed by atoms with Crippen LogP contribution in [0.5, 0.6) is 0 Å². The Labute approximate surface area is 460 Å². The summed E-state index contributed by atoms with van der Waals surface area (Å²) in [5.74, 6) is -0.836. The lowest BCUT2D eigenvalue weighted by molar-refractivity contribution is -0.161. The second kappa shape index (κ2) is 59.9. The number of phosphoric ester groups is 1. The quantitative estimate of drug-likeness (QED) is 0.0264. The zero-order valence-corrected chi connectivity index (χ0v) is 48.9. The number of phosphoric acid groups is 1. The molecular formula is C65H112NO8P. The van der Waals surface area contributed by atoms with Crippen molar-refractivity contribution in [2.75, 3.05) is 26.4 Å². The zero-order chi connectivity index (χ0) is 54.5. The first-order valence-corrected chi connectivity index (χ1v) is 31.9. The van der Waals surface area contributed by atoms with Gasteiger partial charge in [0, 0.05) is 19.4 Å². The maximum Gasteiger partial charge on any atom is 0.472 e. The molecule has 0 spiro atoms. The molecule has 0 aliphatic carbocycles. The summed E-state index contributed by atoms with van der Waals surface area (Å²) in [6.07, 6.45) is 81.5. The maximum atomic E-state index is 12.7. The van der Waals surface area contributed by atoms with Gasteiger partial charge in [-0.05, 0) is 96.3 Å². The number of unbranched alkanes of at least 4 members (excludes halogenated alkanes) is 25. The lowest BCUT2D eigenvalue weighted by Gasteiger charge is -2.19. The van der Waals surface area contributed by atoms with Crippen LogP contribution in [0.15, 0.2) is 109 Å². The fraction of sp³-hybridized carbons (Fsp3) is 0.692. The second-order valence-corrected chi connectivity index (χ2v) is 21.3. The minimum atomic E-state index is -4.40. The monoisotopic (exact) mass is 1070 g/mol. The molecule has 0 fully saturated rings. The molecule has 3 N–H and O–H groups in total. The van der Waals surface area contributed by atoms with Crippen molar-refractivity contribution in [1.82, 2.24) is 0 Å². The number of carbonyl (C=O) groups is 2. The molecule has 430 valence electrons. The van der Waals surface area contributed by atoms with Crippen LogP contribution in [0.4, 0.5) is 0 Å². The van der Waals surface area contributed by atoms with E-state index in [1.807, 2.05) is 0 Å². The SMILES string of the molecule is CC/C=C\C/C=C\C/C=C\C/C=C\C/C=C\CCCCCCCCCCCCCCCCCCCC(=O)OC(COC(=O)CCCCCCCCCC/C=C\C/C=C\C/C=C\C/C=C\CC)COP(=O)(O)OCCN. The van der Waals surface area contributed by atoms with Gasteiger partial charge in [0.2, 0.25) is 0 Å². The largest absolute Gasteiger partial charge is 0.472 e. The summed E-state index contributed by atoms with van der Waals surface area (Å²) in [4.78, 5) is 35.2. The predicted octanol–water partition coefficient (Wildman–Crippen LogP) is 19.4. The van der Waals surface area contributed by atoms with E-state index in [0.29, 0.717) is 6.42 Å². The van der Waals surface area contributed by atoms with Gasteiger partial charge in [-0.15, -0.1) is 0 Å². The Morgan fingerprint density at radius 3 is 1.03 bits per heavy atom. The molecule has 75 heavy (non-hydrogen) atoms. The number of hydrogen-bond acceptors (Lipinski definition) is 8. The molecule has 2 unspecified atom stereocenters. The third kappa shape index (κ3) is 59.8. The maximum absolute atomic E-state index is 12.7. The lowest BCUT2D eigenvalue weighted by Crippen LogP contribution is -2.29. The first-order chi connectivity index (χ1) is 36.8. The summed E-state index contributed by atoms with van der Waals surface area (Å²) in [6.45, 7) is 3.52. The Hall–Kier alpha value is -3.33. The van der Waals surface area contributed by atoms with Crippen molar-refractivity contribution in [3.63, 3.8) is 0 Å². The molecule has 0 rings (SSSR count). The van der Waals surface area contributed by atoms with Crippen LogP contribution in [0.1, 0.15) is 258 Å². The molecule has 0 aromatic heterocycles. The van der Waals surface area contributed by atoms with E-state index in [0.717, 1.165) is 109 Å². The highest BCUT2D eigenvalue weighted by atomic mass is 31.2. The van der Waals surface area contributed by atoms with E-state index in [9.17, 15) is 19.0 Å². The Morgan fingerprint density at radius 1 is 0.400 bits per heavy atom. The number of carbonyl (C=O) groups excluding carboxylic acids is 2. The second-order valence-electron chi connectivity index (χ2n) is 19.8. The number of nitrogens with two attached hydrogens (primary N) is 1. The van der Waals surface area contributed by atoms with Crippen molar-refractivity contribution >= 4 is 19.8 Å². The molecule has 0 aliphatic heterocycles. The first-order valence-electron chi connectivity index (χ1n) is 30.4. The molecule has 0 heterocycles. The fourth-order valence-electron chi connectivity index (χ4n) is 8.24. The Balaban J connectivity index is 3.93. The van der Waals surface area contributed by atoms with Crippen LogP contribution in [-0.2, 0) is 32.7 Å². The molecule has 0 aromatic rings. The molecule has 2 atom stereocenters. The highest BCUT2D eigenvalue weighted by molar-refractivity contribution is 7.47. The van der Waals surface area contributed by atoms with Gasteiger partial charge in [0.25, 0.3) is 0 Å². The number of esters is 2. The molecule has 0 bridgehead atoms. The van der Waals surface area contributed by atoms with Crippen LogP contribution < -0.4 is 5.73 Å². The lowest BCUT2D eigenvalue weighted by atomic mass is 10.0. The molecule has 0 saturated heterocycles. The summed E-state index contributed by atoms with van der Waals surface area (Å²) in [5.41, 5.74) is 5.39. The van der Waals surface area contributed by atoms with Gasteiger partial charge in [-0.1, -0.05) is 258 Å². The van der Waals surface area contributed by atoms with E-state index in [-0.39, 0.29) is 38.6 Å². The molecule has 0 radical (unpaired) electrons. The van der Waals surface area contributed by atoms with Gasteiger partial charge >= 0.3 is 19.8 Å². The summed E-state index contributed by atoms with van der Waals surface area (Å²) < 4.78 is 33.1. The third-order valence-electron chi connectivity index (χ3n) is 12.7. The van der Waals surface area contributed by atoms with Gasteiger partial charge in [0.15, 0.2) is 6.10 Å². The summed E-state index contributed by atoms with van der Waals surface area (Å²) >= 11 is 0.